The molecule has 2 atom stereocenters. The normalized spacial score (nSPS) is 21.2. The summed E-state index contributed by atoms with van der Waals surface area (Å²) in [6.45, 7) is 2.46. The number of nitrogens with one attached hydrogen (secondary N) is 2. The number of benzene rings is 1. The van der Waals surface area contributed by atoms with Crippen molar-refractivity contribution in [2.24, 2.45) is 22.4 Å². The molecule has 9 heteroatoms. The highest BCUT2D eigenvalue weighted by Gasteiger charge is 2.32. The number of rotatable bonds is 9. The molecule has 9 nitrogen and oxygen atoms in total. The van der Waals surface area contributed by atoms with Gasteiger partial charge >= 0.3 is 0 Å². The van der Waals surface area contributed by atoms with Crippen LogP contribution in [-0.4, -0.2) is 65.9 Å². The number of nitrogens with two attached hydrogens (primary N) is 2. The number of para-hydroxylation sites is 1. The lowest BCUT2D eigenvalue weighted by molar-refractivity contribution is -0.133. The maximum absolute atomic E-state index is 13.5. The Labute approximate surface area is 213 Å². The van der Waals surface area contributed by atoms with Crippen LogP contribution in [0.2, 0.25) is 0 Å². The summed E-state index contributed by atoms with van der Waals surface area (Å²) in [4.78, 5) is 36.8. The average molecular weight is 494 g/mol. The highest BCUT2D eigenvalue weighted by Crippen LogP contribution is 2.25. The van der Waals surface area contributed by atoms with Crippen LogP contribution in [0.25, 0.3) is 10.9 Å². The average Bonchev–Trinajstić information content (AvgIpc) is 3.04. The fourth-order valence-corrected chi connectivity index (χ4v) is 5.33. The van der Waals surface area contributed by atoms with Crippen molar-refractivity contribution in [3.8, 4) is 0 Å². The lowest BCUT2D eigenvalue weighted by Gasteiger charge is -2.30. The molecule has 1 aliphatic heterocycles. The Morgan fingerprint density at radius 3 is 2.78 bits per heavy atom. The molecule has 2 fully saturated rings. The predicted molar refractivity (Wildman–Crippen MR) is 142 cm³/mol. The van der Waals surface area contributed by atoms with E-state index < -0.39 is 0 Å². The largest absolute Gasteiger partial charge is 0.370 e. The maximum atomic E-state index is 13.5. The van der Waals surface area contributed by atoms with Gasteiger partial charge in [0.25, 0.3) is 5.91 Å². The number of aromatic nitrogens is 1. The second kappa shape index (κ2) is 12.7. The molecule has 194 valence electrons. The standard InChI is InChI=1S/C27H39N7O2/c28-27(29)30-13-6-11-24-26(36)34(18-19-7-2-1-3-8-19)14-12-22(33-24)17-32-25(35)21-15-20-9-4-5-10-23(20)31-16-21/h4-5,9-10,15-16,19,22,24,33H,1-3,6-8,11-14,17-18H2,(H,32,35)(H4,28,29,30). The Morgan fingerprint density at radius 1 is 1.17 bits per heavy atom. The van der Waals surface area contributed by atoms with Crippen molar-refractivity contribution in [2.45, 2.75) is 63.5 Å². The van der Waals surface area contributed by atoms with Crippen LogP contribution < -0.4 is 22.1 Å². The number of nitrogens with zero attached hydrogens (tertiary/aromatic N) is 3. The lowest BCUT2D eigenvalue weighted by atomic mass is 9.89. The number of guanidine groups is 1. The molecule has 1 aromatic carbocycles. The molecule has 36 heavy (non-hydrogen) atoms. The van der Waals surface area contributed by atoms with E-state index in [1.807, 2.05) is 35.2 Å². The van der Waals surface area contributed by atoms with Crippen LogP contribution in [0.4, 0.5) is 0 Å². The second-order valence-corrected chi connectivity index (χ2v) is 10.1. The molecule has 1 aromatic heterocycles. The third-order valence-electron chi connectivity index (χ3n) is 7.30. The molecule has 2 unspecified atom stereocenters. The molecule has 2 aliphatic rings. The first-order chi connectivity index (χ1) is 17.5. The Balaban J connectivity index is 1.38. The Morgan fingerprint density at radius 2 is 1.97 bits per heavy atom. The van der Waals surface area contributed by atoms with E-state index in [9.17, 15) is 9.59 Å². The summed E-state index contributed by atoms with van der Waals surface area (Å²) in [5, 5.41) is 7.51. The van der Waals surface area contributed by atoms with Crippen LogP contribution in [0.15, 0.2) is 41.5 Å². The summed E-state index contributed by atoms with van der Waals surface area (Å²) in [5.74, 6) is 0.645. The molecule has 0 bridgehead atoms. The molecule has 1 saturated carbocycles. The van der Waals surface area contributed by atoms with Gasteiger partial charge in [0.05, 0.1) is 17.1 Å². The third kappa shape index (κ3) is 7.16. The fourth-order valence-electron chi connectivity index (χ4n) is 5.33. The van der Waals surface area contributed by atoms with Gasteiger partial charge in [-0.05, 0) is 50.2 Å². The smallest absolute Gasteiger partial charge is 0.252 e. The number of carbonyl (C=O) groups excluding carboxylic acids is 2. The van der Waals surface area contributed by atoms with Crippen LogP contribution in [0.1, 0.15) is 61.7 Å². The number of carbonyl (C=O) groups is 2. The SMILES string of the molecule is NC(N)=NCCCC1NC(CNC(=O)c2cnc3ccccc3c2)CCN(CC2CCCCC2)C1=O. The minimum Gasteiger partial charge on any atom is -0.370 e. The topological polar surface area (TPSA) is 139 Å². The van der Waals surface area contributed by atoms with Crippen LogP contribution in [0.5, 0.6) is 0 Å². The summed E-state index contributed by atoms with van der Waals surface area (Å²) in [5.41, 5.74) is 12.3. The molecule has 1 aliphatic carbocycles. The van der Waals surface area contributed by atoms with E-state index in [4.69, 9.17) is 11.5 Å². The Hall–Kier alpha value is -3.20. The monoisotopic (exact) mass is 493 g/mol. The predicted octanol–water partition coefficient (Wildman–Crippen LogP) is 2.16. The number of aliphatic imine (C=N–C) groups is 1. The molecule has 0 radical (unpaired) electrons. The fraction of sp³-hybridized carbons (Fsp3) is 0.556. The van der Waals surface area contributed by atoms with Gasteiger partial charge in [0, 0.05) is 43.8 Å². The van der Waals surface area contributed by atoms with Crippen molar-refractivity contribution < 1.29 is 9.59 Å². The lowest BCUT2D eigenvalue weighted by Crippen LogP contribution is -2.49. The summed E-state index contributed by atoms with van der Waals surface area (Å²) in [7, 11) is 0. The van der Waals surface area contributed by atoms with Gasteiger partial charge < -0.3 is 27.0 Å². The molecule has 4 rings (SSSR count). The molecule has 0 spiro atoms. The Bertz CT molecular complexity index is 1060. The zero-order valence-electron chi connectivity index (χ0n) is 21.0. The first kappa shape index (κ1) is 25.9. The zero-order valence-corrected chi connectivity index (χ0v) is 21.0. The van der Waals surface area contributed by atoms with Crippen LogP contribution in [-0.2, 0) is 4.79 Å². The van der Waals surface area contributed by atoms with Gasteiger partial charge in [-0.25, -0.2) is 0 Å². The van der Waals surface area contributed by atoms with Crippen molar-refractivity contribution in [1.29, 1.82) is 0 Å². The number of fused-ring (bicyclic) bond motifs is 1. The number of pyridine rings is 1. The summed E-state index contributed by atoms with van der Waals surface area (Å²) in [6.07, 6.45) is 9.97. The molecule has 2 amide bonds. The molecule has 2 heterocycles. The quantitative estimate of drug-likeness (QED) is 0.240. The summed E-state index contributed by atoms with van der Waals surface area (Å²) in [6, 6.07) is 9.29. The minimum atomic E-state index is -0.311. The van der Waals surface area contributed by atoms with Crippen molar-refractivity contribution in [2.75, 3.05) is 26.2 Å². The zero-order chi connectivity index (χ0) is 25.3. The molecule has 2 aromatic rings. The van der Waals surface area contributed by atoms with E-state index in [2.05, 4.69) is 20.6 Å². The Kier molecular flexibility index (Phi) is 9.11. The van der Waals surface area contributed by atoms with Crippen molar-refractivity contribution in [3.05, 3.63) is 42.1 Å². The third-order valence-corrected chi connectivity index (χ3v) is 7.30. The molecular formula is C27H39N7O2. The van der Waals surface area contributed by atoms with Gasteiger partial charge in [-0.3, -0.25) is 19.6 Å². The van der Waals surface area contributed by atoms with E-state index in [-0.39, 0.29) is 29.9 Å². The van der Waals surface area contributed by atoms with Crippen molar-refractivity contribution >= 4 is 28.7 Å². The van der Waals surface area contributed by atoms with Gasteiger partial charge in [0.2, 0.25) is 5.91 Å². The number of hydrogen-bond acceptors (Lipinski definition) is 5. The molecule has 6 N–H and O–H groups in total. The van der Waals surface area contributed by atoms with Gasteiger partial charge in [0.15, 0.2) is 5.96 Å². The van der Waals surface area contributed by atoms with E-state index in [1.54, 1.807) is 6.20 Å². The minimum absolute atomic E-state index is 0.00393. The van der Waals surface area contributed by atoms with Crippen LogP contribution >= 0.6 is 0 Å². The van der Waals surface area contributed by atoms with E-state index in [0.29, 0.717) is 44.0 Å². The van der Waals surface area contributed by atoms with E-state index in [1.165, 1.54) is 32.1 Å². The van der Waals surface area contributed by atoms with Crippen LogP contribution in [0, 0.1) is 5.92 Å². The summed E-state index contributed by atoms with van der Waals surface area (Å²) < 4.78 is 0. The van der Waals surface area contributed by atoms with Gasteiger partial charge in [0.1, 0.15) is 0 Å². The van der Waals surface area contributed by atoms with Crippen molar-refractivity contribution in [1.82, 2.24) is 20.5 Å². The van der Waals surface area contributed by atoms with Gasteiger partial charge in [-0.1, -0.05) is 37.5 Å². The first-order valence-electron chi connectivity index (χ1n) is 13.2. The highest BCUT2D eigenvalue weighted by molar-refractivity contribution is 5.97. The highest BCUT2D eigenvalue weighted by atomic mass is 16.2. The summed E-state index contributed by atoms with van der Waals surface area (Å²) >= 11 is 0. The van der Waals surface area contributed by atoms with Gasteiger partial charge in [-0.15, -0.1) is 0 Å². The molecular weight excluding hydrogens is 454 g/mol. The van der Waals surface area contributed by atoms with Crippen LogP contribution in [0.3, 0.4) is 0 Å². The van der Waals surface area contributed by atoms with Gasteiger partial charge in [-0.2, -0.15) is 0 Å². The first-order valence-corrected chi connectivity index (χ1v) is 13.2. The van der Waals surface area contributed by atoms with Crippen molar-refractivity contribution in [3.63, 3.8) is 0 Å². The number of hydrogen-bond donors (Lipinski definition) is 4. The molecule has 1 saturated heterocycles. The van der Waals surface area contributed by atoms with E-state index >= 15 is 0 Å². The second-order valence-electron chi connectivity index (χ2n) is 10.1. The maximum Gasteiger partial charge on any atom is 0.252 e. The van der Waals surface area contributed by atoms with E-state index in [0.717, 1.165) is 23.9 Å². The number of amides is 2.